The lowest BCUT2D eigenvalue weighted by molar-refractivity contribution is -0.163. The number of piperazine rings is 1. The number of aliphatic hydroxyl groups is 1. The number of ether oxygens (including phenoxy) is 1. The van der Waals surface area contributed by atoms with E-state index in [1.165, 1.54) is 12.1 Å². The van der Waals surface area contributed by atoms with Crippen molar-refractivity contribution in [3.8, 4) is 11.5 Å². The van der Waals surface area contributed by atoms with Crippen molar-refractivity contribution in [1.29, 1.82) is 0 Å². The highest BCUT2D eigenvalue weighted by atomic mass is 35.5. The fraction of sp³-hybridized carbons (Fsp3) is 0.545. The minimum Gasteiger partial charge on any atom is -0.478 e. The Kier molecular flexibility index (Phi) is 9.63. The van der Waals surface area contributed by atoms with Crippen LogP contribution in [0.4, 0.5) is 0 Å². The molecule has 3 N–H and O–H groups in total. The zero-order chi connectivity index (χ0) is 30.6. The Balaban J connectivity index is 1.20. The van der Waals surface area contributed by atoms with Crippen molar-refractivity contribution in [3.63, 3.8) is 0 Å². The maximum absolute atomic E-state index is 13.8. The maximum atomic E-state index is 13.8. The van der Waals surface area contributed by atoms with Crippen LogP contribution in [0.25, 0.3) is 0 Å². The van der Waals surface area contributed by atoms with Crippen LogP contribution < -0.4 is 10.1 Å². The summed E-state index contributed by atoms with van der Waals surface area (Å²) in [5, 5.41) is 23.5. The molecular formula is C33H42ClN3O6. The molecule has 232 valence electrons. The monoisotopic (exact) mass is 611 g/mol. The molecule has 2 heterocycles. The second kappa shape index (κ2) is 13.2. The quantitative estimate of drug-likeness (QED) is 0.330. The molecule has 2 saturated heterocycles. The molecule has 2 aliphatic heterocycles. The first kappa shape index (κ1) is 31.3. The Labute approximate surface area is 258 Å². The number of rotatable bonds is 10. The summed E-state index contributed by atoms with van der Waals surface area (Å²) in [5.41, 5.74) is -0.545. The lowest BCUT2D eigenvalue weighted by atomic mass is 9.77. The molecule has 10 heteroatoms. The van der Waals surface area contributed by atoms with E-state index in [1.807, 2.05) is 29.2 Å². The lowest BCUT2D eigenvalue weighted by Gasteiger charge is -2.52. The van der Waals surface area contributed by atoms with Gasteiger partial charge in [-0.05, 0) is 68.0 Å². The van der Waals surface area contributed by atoms with Gasteiger partial charge in [-0.1, -0.05) is 56.3 Å². The number of hydrogen-bond acceptors (Lipinski definition) is 6. The van der Waals surface area contributed by atoms with Gasteiger partial charge in [0.2, 0.25) is 11.8 Å². The molecule has 1 saturated carbocycles. The Morgan fingerprint density at radius 2 is 1.74 bits per heavy atom. The van der Waals surface area contributed by atoms with Gasteiger partial charge in [-0.25, -0.2) is 4.79 Å². The van der Waals surface area contributed by atoms with E-state index in [2.05, 4.69) is 17.1 Å². The number of carboxylic acids is 1. The summed E-state index contributed by atoms with van der Waals surface area (Å²) in [6.07, 6.45) is 7.58. The van der Waals surface area contributed by atoms with Crippen molar-refractivity contribution < 1.29 is 29.3 Å². The van der Waals surface area contributed by atoms with Gasteiger partial charge in [0.15, 0.2) is 0 Å². The highest BCUT2D eigenvalue weighted by Crippen LogP contribution is 2.38. The molecule has 1 aliphatic carbocycles. The third-order valence-electron chi connectivity index (χ3n) is 9.33. The van der Waals surface area contributed by atoms with E-state index in [9.17, 15) is 19.5 Å². The number of hydrogen-bond donors (Lipinski definition) is 3. The van der Waals surface area contributed by atoms with E-state index >= 15 is 0 Å². The number of likely N-dealkylation sites (tertiary alicyclic amines) is 1. The van der Waals surface area contributed by atoms with Gasteiger partial charge in [0.05, 0.1) is 16.2 Å². The van der Waals surface area contributed by atoms with E-state index in [1.54, 1.807) is 6.07 Å². The van der Waals surface area contributed by atoms with Crippen molar-refractivity contribution in [3.05, 3.63) is 58.6 Å². The van der Waals surface area contributed by atoms with Crippen LogP contribution in [0.2, 0.25) is 5.02 Å². The number of carbonyl (C=O) groups excluding carboxylic acids is 2. The standard InChI is InChI=1S/C33H42ClN3O6/c1-2-3-17-37-29(38)27(21-32(42)13-5-4-6-14-32)35-31(41)33(37)15-18-36(19-16-33)22-23-7-10-25(11-8-23)43-28-12-9-24(30(39)40)20-26(28)34/h7-12,20,27,42H,2-6,13-19,21-22H2,1H3,(H,35,41)(H,39,40)/t27-/m1/s1. The predicted molar refractivity (Wildman–Crippen MR) is 163 cm³/mol. The average Bonchev–Trinajstić information content (AvgIpc) is 2.99. The van der Waals surface area contributed by atoms with Gasteiger partial charge in [-0.3, -0.25) is 14.5 Å². The Morgan fingerprint density at radius 3 is 2.37 bits per heavy atom. The van der Waals surface area contributed by atoms with E-state index in [4.69, 9.17) is 21.4 Å². The summed E-state index contributed by atoms with van der Waals surface area (Å²) in [6, 6.07) is 11.3. The van der Waals surface area contributed by atoms with Gasteiger partial charge >= 0.3 is 5.97 Å². The number of aromatic carboxylic acids is 1. The van der Waals surface area contributed by atoms with E-state index in [0.29, 0.717) is 69.8 Å². The molecule has 3 aliphatic rings. The maximum Gasteiger partial charge on any atom is 0.335 e. The number of halogens is 1. The molecule has 1 spiro atoms. The Bertz CT molecular complexity index is 1320. The zero-order valence-electron chi connectivity index (χ0n) is 24.8. The lowest BCUT2D eigenvalue weighted by Crippen LogP contribution is -2.73. The Hall–Kier alpha value is -3.14. The van der Waals surface area contributed by atoms with Crippen LogP contribution in [0.3, 0.4) is 0 Å². The first-order valence-corrected chi connectivity index (χ1v) is 15.9. The Morgan fingerprint density at radius 1 is 1.05 bits per heavy atom. The second-order valence-electron chi connectivity index (χ2n) is 12.4. The number of piperidine rings is 1. The van der Waals surface area contributed by atoms with Gasteiger partial charge in [0.1, 0.15) is 23.1 Å². The van der Waals surface area contributed by atoms with Crippen LogP contribution in [-0.4, -0.2) is 74.6 Å². The summed E-state index contributed by atoms with van der Waals surface area (Å²) in [5.74, 6) is -0.214. The van der Waals surface area contributed by atoms with Crippen LogP contribution in [0, 0.1) is 0 Å². The molecule has 2 amide bonds. The number of unbranched alkanes of at least 4 members (excludes halogenated alkanes) is 1. The van der Waals surface area contributed by atoms with Crippen LogP contribution in [0.1, 0.15) is 87.1 Å². The number of benzene rings is 2. The molecule has 0 radical (unpaired) electrons. The first-order chi connectivity index (χ1) is 20.6. The first-order valence-electron chi connectivity index (χ1n) is 15.5. The summed E-state index contributed by atoms with van der Waals surface area (Å²) in [4.78, 5) is 42.8. The molecule has 1 atom stereocenters. The molecule has 43 heavy (non-hydrogen) atoms. The number of nitrogens with zero attached hydrogens (tertiary/aromatic N) is 2. The van der Waals surface area contributed by atoms with Crippen LogP contribution in [0.5, 0.6) is 11.5 Å². The third-order valence-corrected chi connectivity index (χ3v) is 9.63. The highest BCUT2D eigenvalue weighted by Gasteiger charge is 2.54. The SMILES string of the molecule is CCCCN1C(=O)[C@@H](CC2(O)CCCCC2)NC(=O)C12CCN(Cc1ccc(Oc3ccc(C(=O)O)cc3Cl)cc1)CC2. The smallest absolute Gasteiger partial charge is 0.335 e. The minimum atomic E-state index is -1.05. The van der Waals surface area contributed by atoms with Gasteiger partial charge in [0, 0.05) is 32.6 Å². The summed E-state index contributed by atoms with van der Waals surface area (Å²) >= 11 is 6.20. The summed E-state index contributed by atoms with van der Waals surface area (Å²) < 4.78 is 5.86. The van der Waals surface area contributed by atoms with Crippen LogP contribution >= 0.6 is 11.6 Å². The average molecular weight is 612 g/mol. The predicted octanol–water partition coefficient (Wildman–Crippen LogP) is 5.38. The van der Waals surface area contributed by atoms with Crippen molar-refractivity contribution in [2.45, 2.75) is 94.9 Å². The molecule has 9 nitrogen and oxygen atoms in total. The van der Waals surface area contributed by atoms with E-state index in [-0.39, 0.29) is 22.4 Å². The number of carboxylic acid groups (broad SMARTS) is 1. The van der Waals surface area contributed by atoms with Crippen LogP contribution in [0.15, 0.2) is 42.5 Å². The van der Waals surface area contributed by atoms with Crippen molar-refractivity contribution in [1.82, 2.24) is 15.1 Å². The molecule has 2 aromatic carbocycles. The molecule has 0 bridgehead atoms. The van der Waals surface area contributed by atoms with Gasteiger partial charge in [-0.2, -0.15) is 0 Å². The highest BCUT2D eigenvalue weighted by molar-refractivity contribution is 6.32. The fourth-order valence-corrected chi connectivity index (χ4v) is 7.01. The summed E-state index contributed by atoms with van der Waals surface area (Å²) in [6.45, 7) is 4.71. The van der Waals surface area contributed by atoms with Crippen molar-refractivity contribution in [2.24, 2.45) is 0 Å². The molecular weight excluding hydrogens is 570 g/mol. The van der Waals surface area contributed by atoms with Gasteiger partial charge in [0.25, 0.3) is 0 Å². The van der Waals surface area contributed by atoms with Gasteiger partial charge in [-0.15, -0.1) is 0 Å². The van der Waals surface area contributed by atoms with E-state index in [0.717, 1.165) is 37.7 Å². The van der Waals surface area contributed by atoms with E-state index < -0.39 is 23.2 Å². The summed E-state index contributed by atoms with van der Waals surface area (Å²) in [7, 11) is 0. The third kappa shape index (κ3) is 7.00. The largest absolute Gasteiger partial charge is 0.478 e. The molecule has 0 aromatic heterocycles. The number of carbonyl (C=O) groups is 3. The minimum absolute atomic E-state index is 0.0474. The molecule has 0 unspecified atom stereocenters. The van der Waals surface area contributed by atoms with Crippen molar-refractivity contribution >= 4 is 29.4 Å². The number of nitrogens with one attached hydrogen (secondary N) is 1. The molecule has 2 aromatic rings. The molecule has 3 fully saturated rings. The van der Waals surface area contributed by atoms with Crippen molar-refractivity contribution in [2.75, 3.05) is 19.6 Å². The number of amides is 2. The van der Waals surface area contributed by atoms with Crippen LogP contribution in [-0.2, 0) is 16.1 Å². The topological polar surface area (TPSA) is 119 Å². The normalized spacial score (nSPS) is 21.9. The van der Waals surface area contributed by atoms with Gasteiger partial charge < -0.3 is 25.2 Å². The molecule has 5 rings (SSSR count). The second-order valence-corrected chi connectivity index (χ2v) is 12.8. The fourth-order valence-electron chi connectivity index (χ4n) is 6.79. The zero-order valence-corrected chi connectivity index (χ0v) is 25.6.